The molecule has 0 radical (unpaired) electrons. The summed E-state index contributed by atoms with van der Waals surface area (Å²) < 4.78 is 43.5. The predicted molar refractivity (Wildman–Crippen MR) is 85.5 cm³/mol. The minimum absolute atomic E-state index is 0.0191. The van der Waals surface area contributed by atoms with Crippen LogP contribution in [0.25, 0.3) is 0 Å². The van der Waals surface area contributed by atoms with Crippen molar-refractivity contribution >= 4 is 15.9 Å². The number of piperidine rings is 1. The molecule has 1 saturated heterocycles. The molecule has 0 spiro atoms. The average molecular weight is 372 g/mol. The van der Waals surface area contributed by atoms with Crippen LogP contribution in [-0.4, -0.2) is 63.4 Å². The van der Waals surface area contributed by atoms with Gasteiger partial charge in [0.15, 0.2) is 11.5 Å². The normalized spacial score (nSPS) is 18.8. The molecule has 25 heavy (non-hydrogen) atoms. The monoisotopic (exact) mass is 372 g/mol. The first-order chi connectivity index (χ1) is 12.0. The van der Waals surface area contributed by atoms with Crippen molar-refractivity contribution in [3.8, 4) is 11.5 Å². The van der Waals surface area contributed by atoms with Crippen LogP contribution in [0, 0.1) is 0 Å². The van der Waals surface area contributed by atoms with Crippen molar-refractivity contribution in [1.82, 2.24) is 9.79 Å². The summed E-state index contributed by atoms with van der Waals surface area (Å²) in [5, 5.41) is 9.04. The number of methoxy groups -OCH3 is 1. The molecule has 0 saturated carbocycles. The van der Waals surface area contributed by atoms with E-state index in [4.69, 9.17) is 19.4 Å². The lowest BCUT2D eigenvalue weighted by Crippen LogP contribution is -2.41. The number of ether oxygens (including phenoxy) is 3. The second-order valence-electron chi connectivity index (χ2n) is 5.74. The number of hydrogen-bond donors (Lipinski definition) is 2. The number of sulfonamides is 1. The van der Waals surface area contributed by atoms with E-state index in [-0.39, 0.29) is 47.8 Å². The van der Waals surface area contributed by atoms with E-state index in [2.05, 4.69) is 0 Å². The lowest BCUT2D eigenvalue weighted by atomic mass is 10.1. The molecule has 0 aliphatic carbocycles. The van der Waals surface area contributed by atoms with Gasteiger partial charge in [0.2, 0.25) is 10.0 Å². The van der Waals surface area contributed by atoms with Gasteiger partial charge >= 0.3 is 0 Å². The molecular formula is C15H20N2O7S. The molecule has 138 valence electrons. The summed E-state index contributed by atoms with van der Waals surface area (Å²) in [6.45, 7) is 1.05. The van der Waals surface area contributed by atoms with E-state index < -0.39 is 15.9 Å². The SMILES string of the molecule is COC1CCN(S(=O)(=O)c2ccc3c(c2C(=O)NO)OCCO3)CC1. The Morgan fingerprint density at radius 3 is 2.60 bits per heavy atom. The number of amides is 1. The van der Waals surface area contributed by atoms with Gasteiger partial charge in [-0.15, -0.1) is 0 Å². The van der Waals surface area contributed by atoms with E-state index in [0.717, 1.165) is 0 Å². The van der Waals surface area contributed by atoms with Crippen LogP contribution in [-0.2, 0) is 14.8 Å². The molecule has 2 heterocycles. The summed E-state index contributed by atoms with van der Waals surface area (Å²) in [5.41, 5.74) is 1.23. The van der Waals surface area contributed by atoms with Crippen LogP contribution in [0.5, 0.6) is 11.5 Å². The van der Waals surface area contributed by atoms with Gasteiger partial charge < -0.3 is 14.2 Å². The number of carbonyl (C=O) groups is 1. The van der Waals surface area contributed by atoms with Crippen LogP contribution in [0.15, 0.2) is 17.0 Å². The zero-order valence-corrected chi connectivity index (χ0v) is 14.5. The Labute approximate surface area is 145 Å². The standard InChI is InChI=1S/C15H20N2O7S/c1-22-10-4-6-17(7-5-10)25(20,21)12-3-2-11-14(24-9-8-23-11)13(12)15(18)16-19/h2-3,10,19H,4-9H2,1H3,(H,16,18). The van der Waals surface area contributed by atoms with Crippen LogP contribution in [0.1, 0.15) is 23.2 Å². The number of nitrogens with one attached hydrogen (secondary N) is 1. The lowest BCUT2D eigenvalue weighted by molar-refractivity contribution is 0.0602. The fourth-order valence-electron chi connectivity index (χ4n) is 3.03. The smallest absolute Gasteiger partial charge is 0.279 e. The first kappa shape index (κ1) is 17.9. The molecule has 0 bridgehead atoms. The lowest BCUT2D eigenvalue weighted by Gasteiger charge is -2.31. The second kappa shape index (κ2) is 7.16. The number of nitrogens with zero attached hydrogens (tertiary/aromatic N) is 1. The molecule has 1 aromatic rings. The number of carbonyl (C=O) groups excluding carboxylic acids is 1. The highest BCUT2D eigenvalue weighted by Crippen LogP contribution is 2.38. The highest BCUT2D eigenvalue weighted by Gasteiger charge is 2.35. The van der Waals surface area contributed by atoms with E-state index in [1.807, 2.05) is 0 Å². The summed E-state index contributed by atoms with van der Waals surface area (Å²) in [6, 6.07) is 2.76. The van der Waals surface area contributed by atoms with Crippen molar-refractivity contribution in [3.63, 3.8) is 0 Å². The number of fused-ring (bicyclic) bond motifs is 1. The molecule has 0 atom stereocenters. The van der Waals surface area contributed by atoms with Gasteiger partial charge in [0.1, 0.15) is 18.8 Å². The maximum absolute atomic E-state index is 13.0. The predicted octanol–water partition coefficient (Wildman–Crippen LogP) is 0.376. The van der Waals surface area contributed by atoms with Gasteiger partial charge in [-0.25, -0.2) is 13.9 Å². The third kappa shape index (κ3) is 3.30. The van der Waals surface area contributed by atoms with Crippen LogP contribution >= 0.6 is 0 Å². The zero-order chi connectivity index (χ0) is 18.0. The Hall–Kier alpha value is -1.88. The largest absolute Gasteiger partial charge is 0.486 e. The minimum Gasteiger partial charge on any atom is -0.486 e. The van der Waals surface area contributed by atoms with Gasteiger partial charge in [-0.3, -0.25) is 10.0 Å². The molecule has 1 aromatic carbocycles. The van der Waals surface area contributed by atoms with Crippen molar-refractivity contribution in [2.45, 2.75) is 23.8 Å². The quantitative estimate of drug-likeness (QED) is 0.580. The molecule has 1 amide bonds. The van der Waals surface area contributed by atoms with Gasteiger partial charge in [-0.05, 0) is 25.0 Å². The van der Waals surface area contributed by atoms with E-state index >= 15 is 0 Å². The van der Waals surface area contributed by atoms with Crippen LogP contribution in [0.3, 0.4) is 0 Å². The average Bonchev–Trinajstić information content (AvgIpc) is 2.66. The van der Waals surface area contributed by atoms with Gasteiger partial charge in [0, 0.05) is 20.2 Å². The molecule has 0 aromatic heterocycles. The van der Waals surface area contributed by atoms with Gasteiger partial charge in [-0.1, -0.05) is 0 Å². The maximum atomic E-state index is 13.0. The van der Waals surface area contributed by atoms with Gasteiger partial charge in [0.05, 0.1) is 11.0 Å². The molecule has 2 aliphatic heterocycles. The summed E-state index contributed by atoms with van der Waals surface area (Å²) >= 11 is 0. The van der Waals surface area contributed by atoms with Crippen LogP contribution in [0.4, 0.5) is 0 Å². The summed E-state index contributed by atoms with van der Waals surface area (Å²) in [6.07, 6.45) is 1.16. The fourth-order valence-corrected chi connectivity index (χ4v) is 4.68. The summed E-state index contributed by atoms with van der Waals surface area (Å²) in [7, 11) is -2.35. The molecular weight excluding hydrogens is 352 g/mol. The number of hydroxylamine groups is 1. The number of rotatable bonds is 4. The summed E-state index contributed by atoms with van der Waals surface area (Å²) in [4.78, 5) is 11.9. The Bertz CT molecular complexity index is 757. The third-order valence-electron chi connectivity index (χ3n) is 4.35. The number of hydrogen-bond acceptors (Lipinski definition) is 7. The number of benzene rings is 1. The van der Waals surface area contributed by atoms with Crippen molar-refractivity contribution < 1.29 is 32.6 Å². The van der Waals surface area contributed by atoms with E-state index in [1.54, 1.807) is 7.11 Å². The minimum atomic E-state index is -3.94. The summed E-state index contributed by atoms with van der Waals surface area (Å²) in [5.74, 6) is -0.680. The van der Waals surface area contributed by atoms with Crippen molar-refractivity contribution in [2.24, 2.45) is 0 Å². The van der Waals surface area contributed by atoms with Gasteiger partial charge in [-0.2, -0.15) is 4.31 Å². The Morgan fingerprint density at radius 1 is 1.28 bits per heavy atom. The van der Waals surface area contributed by atoms with Crippen LogP contribution < -0.4 is 15.0 Å². The third-order valence-corrected chi connectivity index (χ3v) is 6.29. The molecule has 9 nitrogen and oxygen atoms in total. The van der Waals surface area contributed by atoms with Crippen molar-refractivity contribution in [1.29, 1.82) is 0 Å². The highest BCUT2D eigenvalue weighted by molar-refractivity contribution is 7.89. The van der Waals surface area contributed by atoms with Crippen molar-refractivity contribution in [2.75, 3.05) is 33.4 Å². The fraction of sp³-hybridized carbons (Fsp3) is 0.533. The topological polar surface area (TPSA) is 114 Å². The zero-order valence-electron chi connectivity index (χ0n) is 13.7. The maximum Gasteiger partial charge on any atom is 0.279 e. The first-order valence-electron chi connectivity index (χ1n) is 7.89. The van der Waals surface area contributed by atoms with E-state index in [0.29, 0.717) is 19.4 Å². The molecule has 10 heteroatoms. The van der Waals surface area contributed by atoms with E-state index in [9.17, 15) is 13.2 Å². The molecule has 2 N–H and O–H groups in total. The molecule has 2 aliphatic rings. The molecule has 1 fully saturated rings. The first-order valence-corrected chi connectivity index (χ1v) is 9.33. The highest BCUT2D eigenvalue weighted by atomic mass is 32.2. The Morgan fingerprint density at radius 2 is 1.96 bits per heavy atom. The van der Waals surface area contributed by atoms with Crippen LogP contribution in [0.2, 0.25) is 0 Å². The molecule has 0 unspecified atom stereocenters. The molecule has 3 rings (SSSR count). The Kier molecular flexibility index (Phi) is 5.13. The Balaban J connectivity index is 2.02. The second-order valence-corrected chi connectivity index (χ2v) is 7.65. The van der Waals surface area contributed by atoms with Gasteiger partial charge in [0.25, 0.3) is 5.91 Å². The van der Waals surface area contributed by atoms with Crippen molar-refractivity contribution in [3.05, 3.63) is 17.7 Å². The van der Waals surface area contributed by atoms with E-state index in [1.165, 1.54) is 21.9 Å².